The zero-order valence-corrected chi connectivity index (χ0v) is 12.8. The van der Waals surface area contributed by atoms with Crippen molar-refractivity contribution in [3.8, 4) is 0 Å². The minimum atomic E-state index is -0.621. The van der Waals surface area contributed by atoms with Crippen molar-refractivity contribution in [3.05, 3.63) is 70.2 Å². The van der Waals surface area contributed by atoms with Crippen LogP contribution in [-0.2, 0) is 6.54 Å². The van der Waals surface area contributed by atoms with Gasteiger partial charge in [-0.1, -0.05) is 48.0 Å². The number of aliphatic hydroxyl groups is 1. The Kier molecular flexibility index (Phi) is 4.59. The van der Waals surface area contributed by atoms with Gasteiger partial charge in [-0.05, 0) is 54.8 Å². The molecule has 0 aliphatic carbocycles. The van der Waals surface area contributed by atoms with E-state index in [0.717, 1.165) is 17.7 Å². The van der Waals surface area contributed by atoms with Crippen LogP contribution in [0.5, 0.6) is 0 Å². The molecule has 1 aliphatic rings. The van der Waals surface area contributed by atoms with E-state index in [-0.39, 0.29) is 0 Å². The van der Waals surface area contributed by atoms with Crippen LogP contribution in [0.15, 0.2) is 48.5 Å². The van der Waals surface area contributed by atoms with Crippen LogP contribution in [0.3, 0.4) is 0 Å². The molecular formula is C18H20ClNO. The van der Waals surface area contributed by atoms with Crippen molar-refractivity contribution in [3.63, 3.8) is 0 Å². The minimum Gasteiger partial charge on any atom is -0.384 e. The lowest BCUT2D eigenvalue weighted by Gasteiger charge is -2.16. The monoisotopic (exact) mass is 301 g/mol. The zero-order chi connectivity index (χ0) is 14.7. The summed E-state index contributed by atoms with van der Waals surface area (Å²) in [4.78, 5) is 2.47. The number of benzene rings is 2. The average molecular weight is 302 g/mol. The topological polar surface area (TPSA) is 23.5 Å². The van der Waals surface area contributed by atoms with E-state index in [9.17, 15) is 5.11 Å². The summed E-state index contributed by atoms with van der Waals surface area (Å²) in [5, 5.41) is 11.1. The van der Waals surface area contributed by atoms with Gasteiger partial charge < -0.3 is 5.11 Å². The van der Waals surface area contributed by atoms with Gasteiger partial charge in [0, 0.05) is 11.6 Å². The summed E-state index contributed by atoms with van der Waals surface area (Å²) in [7, 11) is 0. The Balaban J connectivity index is 1.71. The number of nitrogens with zero attached hydrogens (tertiary/aromatic N) is 1. The van der Waals surface area contributed by atoms with Crippen molar-refractivity contribution in [2.75, 3.05) is 13.1 Å². The Bertz CT molecular complexity index is 590. The van der Waals surface area contributed by atoms with Crippen LogP contribution in [0.1, 0.15) is 35.6 Å². The summed E-state index contributed by atoms with van der Waals surface area (Å²) < 4.78 is 0. The van der Waals surface area contributed by atoms with Gasteiger partial charge in [-0.15, -0.1) is 0 Å². The molecule has 2 aromatic rings. The van der Waals surface area contributed by atoms with E-state index in [2.05, 4.69) is 17.0 Å². The molecule has 1 fully saturated rings. The van der Waals surface area contributed by atoms with Crippen LogP contribution in [0, 0.1) is 0 Å². The Morgan fingerprint density at radius 2 is 1.71 bits per heavy atom. The van der Waals surface area contributed by atoms with Crippen LogP contribution >= 0.6 is 11.6 Å². The molecule has 0 bridgehead atoms. The third-order valence-electron chi connectivity index (χ3n) is 4.06. The number of likely N-dealkylation sites (tertiary alicyclic amines) is 1. The minimum absolute atomic E-state index is 0.621. The third-order valence-corrected chi connectivity index (χ3v) is 4.30. The zero-order valence-electron chi connectivity index (χ0n) is 12.0. The highest BCUT2D eigenvalue weighted by molar-refractivity contribution is 6.30. The molecule has 0 amide bonds. The number of aliphatic hydroxyl groups excluding tert-OH is 1. The van der Waals surface area contributed by atoms with Crippen molar-refractivity contribution in [2.45, 2.75) is 25.5 Å². The summed E-state index contributed by atoms with van der Waals surface area (Å²) in [5.74, 6) is 0. The standard InChI is InChI=1S/C18H20ClNO/c19-17-5-3-4-16(12-17)18(21)15-8-6-14(7-9-15)13-20-10-1-2-11-20/h3-9,12,18,21H,1-2,10-11,13H2/t18-/m1/s1. The second kappa shape index (κ2) is 6.61. The molecule has 1 saturated heterocycles. The molecule has 110 valence electrons. The highest BCUT2D eigenvalue weighted by atomic mass is 35.5. The molecule has 0 radical (unpaired) electrons. The van der Waals surface area contributed by atoms with E-state index in [1.54, 1.807) is 0 Å². The lowest BCUT2D eigenvalue weighted by atomic mass is 10.0. The van der Waals surface area contributed by atoms with Gasteiger partial charge in [0.1, 0.15) is 6.10 Å². The maximum absolute atomic E-state index is 10.4. The van der Waals surface area contributed by atoms with E-state index in [1.165, 1.54) is 31.5 Å². The molecule has 3 rings (SSSR count). The Morgan fingerprint density at radius 3 is 2.38 bits per heavy atom. The van der Waals surface area contributed by atoms with Gasteiger partial charge in [0.2, 0.25) is 0 Å². The molecule has 1 aliphatic heterocycles. The smallest absolute Gasteiger partial charge is 0.104 e. The predicted molar refractivity (Wildman–Crippen MR) is 86.5 cm³/mol. The lowest BCUT2D eigenvalue weighted by molar-refractivity contribution is 0.220. The second-order valence-corrected chi connectivity index (χ2v) is 6.12. The first-order valence-corrected chi connectivity index (χ1v) is 7.85. The SMILES string of the molecule is O[C@H](c1ccc(CN2CCCC2)cc1)c1cccc(Cl)c1. The molecule has 3 heteroatoms. The van der Waals surface area contributed by atoms with Gasteiger partial charge in [0.15, 0.2) is 0 Å². The molecule has 1 heterocycles. The Morgan fingerprint density at radius 1 is 1.00 bits per heavy atom. The maximum Gasteiger partial charge on any atom is 0.104 e. The lowest BCUT2D eigenvalue weighted by Crippen LogP contribution is -2.18. The van der Waals surface area contributed by atoms with Crippen LogP contribution in [0.2, 0.25) is 5.02 Å². The van der Waals surface area contributed by atoms with Crippen molar-refractivity contribution in [1.29, 1.82) is 0 Å². The van der Waals surface area contributed by atoms with Gasteiger partial charge in [-0.3, -0.25) is 4.90 Å². The van der Waals surface area contributed by atoms with Crippen molar-refractivity contribution < 1.29 is 5.11 Å². The second-order valence-electron chi connectivity index (χ2n) is 5.68. The van der Waals surface area contributed by atoms with Gasteiger partial charge in [0.05, 0.1) is 0 Å². The first-order valence-electron chi connectivity index (χ1n) is 7.47. The number of halogens is 1. The fraction of sp³-hybridized carbons (Fsp3) is 0.333. The molecule has 1 N–H and O–H groups in total. The third kappa shape index (κ3) is 3.65. The van der Waals surface area contributed by atoms with Gasteiger partial charge in [-0.2, -0.15) is 0 Å². The summed E-state index contributed by atoms with van der Waals surface area (Å²) in [6, 6.07) is 15.6. The van der Waals surface area contributed by atoms with Crippen LogP contribution in [0.25, 0.3) is 0 Å². The first kappa shape index (κ1) is 14.6. The quantitative estimate of drug-likeness (QED) is 0.922. The van der Waals surface area contributed by atoms with E-state index in [0.29, 0.717) is 5.02 Å². The Hall–Kier alpha value is -1.35. The van der Waals surface area contributed by atoms with E-state index in [4.69, 9.17) is 11.6 Å². The first-order chi connectivity index (χ1) is 10.2. The molecule has 0 aromatic heterocycles. The summed E-state index contributed by atoms with van der Waals surface area (Å²) in [5.41, 5.74) is 3.04. The number of rotatable bonds is 4. The van der Waals surface area contributed by atoms with Gasteiger partial charge in [0.25, 0.3) is 0 Å². The largest absolute Gasteiger partial charge is 0.384 e. The van der Waals surface area contributed by atoms with Gasteiger partial charge >= 0.3 is 0 Å². The highest BCUT2D eigenvalue weighted by Crippen LogP contribution is 2.25. The number of hydrogen-bond donors (Lipinski definition) is 1. The highest BCUT2D eigenvalue weighted by Gasteiger charge is 2.13. The predicted octanol–water partition coefficient (Wildman–Crippen LogP) is 4.02. The molecule has 2 aromatic carbocycles. The summed E-state index contributed by atoms with van der Waals surface area (Å²) in [6.45, 7) is 3.41. The molecule has 0 saturated carbocycles. The fourth-order valence-corrected chi connectivity index (χ4v) is 3.07. The Labute approximate surface area is 131 Å². The summed E-state index contributed by atoms with van der Waals surface area (Å²) >= 11 is 5.98. The van der Waals surface area contributed by atoms with E-state index >= 15 is 0 Å². The molecule has 21 heavy (non-hydrogen) atoms. The van der Waals surface area contributed by atoms with Crippen LogP contribution < -0.4 is 0 Å². The van der Waals surface area contributed by atoms with Crippen molar-refractivity contribution in [1.82, 2.24) is 4.90 Å². The van der Waals surface area contributed by atoms with Crippen LogP contribution in [0.4, 0.5) is 0 Å². The van der Waals surface area contributed by atoms with Crippen molar-refractivity contribution in [2.24, 2.45) is 0 Å². The average Bonchev–Trinajstić information content (AvgIpc) is 3.00. The van der Waals surface area contributed by atoms with Gasteiger partial charge in [-0.25, -0.2) is 0 Å². The number of hydrogen-bond acceptors (Lipinski definition) is 2. The molecule has 2 nitrogen and oxygen atoms in total. The normalized spacial score (nSPS) is 17.0. The molecule has 0 spiro atoms. The molecule has 1 atom stereocenters. The molecular weight excluding hydrogens is 282 g/mol. The van der Waals surface area contributed by atoms with E-state index in [1.807, 2.05) is 36.4 Å². The fourth-order valence-electron chi connectivity index (χ4n) is 2.87. The van der Waals surface area contributed by atoms with Crippen LogP contribution in [-0.4, -0.2) is 23.1 Å². The molecule has 0 unspecified atom stereocenters. The van der Waals surface area contributed by atoms with Crippen molar-refractivity contribution >= 4 is 11.6 Å². The van der Waals surface area contributed by atoms with E-state index < -0.39 is 6.10 Å². The summed E-state index contributed by atoms with van der Waals surface area (Å²) in [6.07, 6.45) is 2.00. The maximum atomic E-state index is 10.4.